The third-order valence-electron chi connectivity index (χ3n) is 1.21. The SMILES string of the molecule is C=C/C=C(C=C)/C=C(/C)CS. The molecule has 0 aromatic carbocycles. The molecule has 1 heteroatoms. The monoisotopic (exact) mass is 166 g/mol. The first-order chi connectivity index (χ1) is 5.24. The second kappa shape index (κ2) is 6.05. The molecular weight excluding hydrogens is 152 g/mol. The van der Waals surface area contributed by atoms with Gasteiger partial charge in [0, 0.05) is 5.75 Å². The molecule has 0 radical (unpaired) electrons. The lowest BCUT2D eigenvalue weighted by atomic mass is 10.2. The van der Waals surface area contributed by atoms with Crippen LogP contribution in [0.25, 0.3) is 0 Å². The van der Waals surface area contributed by atoms with E-state index in [1.54, 1.807) is 12.2 Å². The van der Waals surface area contributed by atoms with Crippen molar-refractivity contribution in [3.63, 3.8) is 0 Å². The molecule has 60 valence electrons. The summed E-state index contributed by atoms with van der Waals surface area (Å²) >= 11 is 4.14. The van der Waals surface area contributed by atoms with Crippen molar-refractivity contribution in [3.8, 4) is 0 Å². The first-order valence-corrected chi connectivity index (χ1v) is 4.11. The predicted octanol–water partition coefficient (Wildman–Crippen LogP) is 3.16. The van der Waals surface area contributed by atoms with Gasteiger partial charge >= 0.3 is 0 Å². The molecule has 0 amide bonds. The Hall–Kier alpha value is -0.690. The minimum absolute atomic E-state index is 0.780. The Bertz CT molecular complexity index is 197. The van der Waals surface area contributed by atoms with Crippen molar-refractivity contribution >= 4 is 12.6 Å². The van der Waals surface area contributed by atoms with Gasteiger partial charge in [-0.15, -0.1) is 0 Å². The molecule has 0 saturated carbocycles. The van der Waals surface area contributed by atoms with Crippen molar-refractivity contribution in [2.75, 3.05) is 5.75 Å². The zero-order valence-electron chi connectivity index (χ0n) is 6.88. The molecule has 0 aromatic rings. The van der Waals surface area contributed by atoms with Crippen LogP contribution in [-0.2, 0) is 0 Å². The van der Waals surface area contributed by atoms with Gasteiger partial charge in [0.05, 0.1) is 0 Å². The number of thiol groups is 1. The van der Waals surface area contributed by atoms with Crippen molar-refractivity contribution in [3.05, 3.63) is 48.6 Å². The summed E-state index contributed by atoms with van der Waals surface area (Å²) in [6.45, 7) is 9.33. The summed E-state index contributed by atoms with van der Waals surface area (Å²) in [7, 11) is 0. The average Bonchev–Trinajstić information content (AvgIpc) is 2.03. The average molecular weight is 166 g/mol. The van der Waals surface area contributed by atoms with Crippen LogP contribution < -0.4 is 0 Å². The summed E-state index contributed by atoms with van der Waals surface area (Å²) in [4.78, 5) is 0. The van der Waals surface area contributed by atoms with Gasteiger partial charge in [-0.05, 0) is 12.5 Å². The molecule has 0 aromatic heterocycles. The molecule has 0 atom stereocenters. The number of hydrogen-bond donors (Lipinski definition) is 1. The molecule has 0 unspecified atom stereocenters. The summed E-state index contributed by atoms with van der Waals surface area (Å²) in [6, 6.07) is 0. The highest BCUT2D eigenvalue weighted by Crippen LogP contribution is 2.04. The fourth-order valence-corrected chi connectivity index (χ4v) is 0.733. The molecule has 0 aliphatic carbocycles. The highest BCUT2D eigenvalue weighted by Gasteiger charge is 1.86. The van der Waals surface area contributed by atoms with Crippen LogP contribution in [0, 0.1) is 0 Å². The van der Waals surface area contributed by atoms with Gasteiger partial charge < -0.3 is 0 Å². The maximum absolute atomic E-state index is 4.14. The van der Waals surface area contributed by atoms with Crippen LogP contribution in [-0.4, -0.2) is 5.75 Å². The van der Waals surface area contributed by atoms with E-state index in [1.165, 1.54) is 5.57 Å². The second-order valence-electron chi connectivity index (χ2n) is 2.26. The Labute approximate surface area is 74.4 Å². The van der Waals surface area contributed by atoms with Crippen LogP contribution in [0.2, 0.25) is 0 Å². The highest BCUT2D eigenvalue weighted by molar-refractivity contribution is 7.80. The summed E-state index contributed by atoms with van der Waals surface area (Å²) in [6.07, 6.45) is 7.51. The first kappa shape index (κ1) is 10.3. The van der Waals surface area contributed by atoms with Gasteiger partial charge in [-0.1, -0.05) is 43.0 Å². The summed E-state index contributed by atoms with van der Waals surface area (Å²) < 4.78 is 0. The van der Waals surface area contributed by atoms with Gasteiger partial charge in [-0.3, -0.25) is 0 Å². The Kier molecular flexibility index (Phi) is 5.67. The fraction of sp³-hybridized carbons (Fsp3) is 0.200. The first-order valence-electron chi connectivity index (χ1n) is 3.47. The Morgan fingerprint density at radius 2 is 2.09 bits per heavy atom. The van der Waals surface area contributed by atoms with Crippen molar-refractivity contribution in [2.24, 2.45) is 0 Å². The smallest absolute Gasteiger partial charge is 0.0113 e. The maximum atomic E-state index is 4.14. The van der Waals surface area contributed by atoms with E-state index in [-0.39, 0.29) is 0 Å². The minimum Gasteiger partial charge on any atom is -0.175 e. The topological polar surface area (TPSA) is 0 Å². The maximum Gasteiger partial charge on any atom is 0.0113 e. The van der Waals surface area contributed by atoms with Gasteiger partial charge in [0.15, 0.2) is 0 Å². The van der Waals surface area contributed by atoms with Crippen LogP contribution in [0.4, 0.5) is 0 Å². The van der Waals surface area contributed by atoms with Crippen molar-refractivity contribution in [2.45, 2.75) is 6.92 Å². The molecule has 0 spiro atoms. The summed E-state index contributed by atoms with van der Waals surface area (Å²) in [5.41, 5.74) is 2.30. The van der Waals surface area contributed by atoms with E-state index in [0.29, 0.717) is 0 Å². The predicted molar refractivity (Wildman–Crippen MR) is 56.1 cm³/mol. The van der Waals surface area contributed by atoms with Gasteiger partial charge in [-0.25, -0.2) is 0 Å². The van der Waals surface area contributed by atoms with E-state index in [2.05, 4.69) is 25.8 Å². The second-order valence-corrected chi connectivity index (χ2v) is 2.57. The quantitative estimate of drug-likeness (QED) is 0.481. The van der Waals surface area contributed by atoms with Crippen LogP contribution in [0.5, 0.6) is 0 Å². The third kappa shape index (κ3) is 4.68. The normalized spacial score (nSPS) is 12.9. The molecule has 0 fully saturated rings. The van der Waals surface area contributed by atoms with Gasteiger partial charge in [-0.2, -0.15) is 12.6 Å². The largest absolute Gasteiger partial charge is 0.175 e. The standard InChI is InChI=1S/C10H14S/c1-4-6-10(5-2)7-9(3)8-11/h4-7,11H,1-2,8H2,3H3/b9-7-,10-6+. The Morgan fingerprint density at radius 3 is 2.45 bits per heavy atom. The van der Waals surface area contributed by atoms with E-state index in [1.807, 2.05) is 19.1 Å². The van der Waals surface area contributed by atoms with Crippen LogP contribution in [0.15, 0.2) is 48.6 Å². The number of allylic oxidation sites excluding steroid dienone is 5. The van der Waals surface area contributed by atoms with Crippen molar-refractivity contribution in [1.82, 2.24) is 0 Å². The van der Waals surface area contributed by atoms with Crippen LogP contribution in [0.1, 0.15) is 6.92 Å². The van der Waals surface area contributed by atoms with Crippen molar-refractivity contribution in [1.29, 1.82) is 0 Å². The number of rotatable bonds is 4. The molecule has 11 heavy (non-hydrogen) atoms. The molecule has 0 aliphatic rings. The highest BCUT2D eigenvalue weighted by atomic mass is 32.1. The summed E-state index contributed by atoms with van der Waals surface area (Å²) in [5, 5.41) is 0. The lowest BCUT2D eigenvalue weighted by molar-refractivity contribution is 1.40. The molecule has 0 rings (SSSR count). The van der Waals surface area contributed by atoms with Crippen LogP contribution >= 0.6 is 12.6 Å². The zero-order chi connectivity index (χ0) is 8.69. The van der Waals surface area contributed by atoms with Gasteiger partial charge in [0.1, 0.15) is 0 Å². The lowest BCUT2D eigenvalue weighted by Crippen LogP contribution is -1.78. The molecule has 0 saturated heterocycles. The molecule has 0 N–H and O–H groups in total. The van der Waals surface area contributed by atoms with E-state index >= 15 is 0 Å². The molecule has 0 nitrogen and oxygen atoms in total. The van der Waals surface area contributed by atoms with Gasteiger partial charge in [0.2, 0.25) is 0 Å². The number of hydrogen-bond acceptors (Lipinski definition) is 1. The van der Waals surface area contributed by atoms with E-state index in [9.17, 15) is 0 Å². The minimum atomic E-state index is 0.780. The lowest BCUT2D eigenvalue weighted by Gasteiger charge is -1.94. The summed E-state index contributed by atoms with van der Waals surface area (Å²) in [5.74, 6) is 0.780. The Morgan fingerprint density at radius 1 is 1.45 bits per heavy atom. The van der Waals surface area contributed by atoms with E-state index in [0.717, 1.165) is 11.3 Å². The molecule has 0 bridgehead atoms. The van der Waals surface area contributed by atoms with Crippen molar-refractivity contribution < 1.29 is 0 Å². The zero-order valence-corrected chi connectivity index (χ0v) is 7.77. The van der Waals surface area contributed by atoms with Gasteiger partial charge in [0.25, 0.3) is 0 Å². The van der Waals surface area contributed by atoms with E-state index in [4.69, 9.17) is 0 Å². The molecule has 0 aliphatic heterocycles. The molecule has 0 heterocycles. The third-order valence-corrected chi connectivity index (χ3v) is 1.71. The fourth-order valence-electron chi connectivity index (χ4n) is 0.641. The van der Waals surface area contributed by atoms with Crippen LogP contribution in [0.3, 0.4) is 0 Å². The Balaban J connectivity index is 4.41. The van der Waals surface area contributed by atoms with E-state index < -0.39 is 0 Å². The molecular formula is C10H14S.